The number of hydrogen-bond donors (Lipinski definition) is 1. The van der Waals surface area contributed by atoms with Gasteiger partial charge in [0.15, 0.2) is 0 Å². The molecule has 0 saturated heterocycles. The van der Waals surface area contributed by atoms with Crippen molar-refractivity contribution in [3.8, 4) is 6.07 Å². The van der Waals surface area contributed by atoms with E-state index in [1.54, 1.807) is 17.0 Å². The SMILES string of the molecule is CC(C)(C)OC(=O)N1CCc2c(NC(=O)CC#N)cccc21. The van der Waals surface area contributed by atoms with Crippen LogP contribution in [0.25, 0.3) is 0 Å². The van der Waals surface area contributed by atoms with Gasteiger partial charge >= 0.3 is 6.09 Å². The molecule has 0 fully saturated rings. The molecular weight excluding hydrogens is 282 g/mol. The molecule has 1 aliphatic heterocycles. The van der Waals surface area contributed by atoms with E-state index in [1.807, 2.05) is 32.9 Å². The summed E-state index contributed by atoms with van der Waals surface area (Å²) in [5, 5.41) is 11.3. The van der Waals surface area contributed by atoms with Crippen LogP contribution in [-0.4, -0.2) is 24.1 Å². The lowest BCUT2D eigenvalue weighted by molar-refractivity contribution is -0.115. The second-order valence-electron chi connectivity index (χ2n) is 6.07. The number of rotatable bonds is 2. The first-order chi connectivity index (χ1) is 10.3. The fourth-order valence-corrected chi connectivity index (χ4v) is 2.32. The molecule has 6 heteroatoms. The van der Waals surface area contributed by atoms with Crippen LogP contribution >= 0.6 is 0 Å². The van der Waals surface area contributed by atoms with Crippen LogP contribution in [0.1, 0.15) is 32.8 Å². The number of anilines is 2. The first kappa shape index (κ1) is 15.8. The van der Waals surface area contributed by atoms with Crippen molar-refractivity contribution in [3.63, 3.8) is 0 Å². The van der Waals surface area contributed by atoms with E-state index in [0.29, 0.717) is 18.7 Å². The Morgan fingerprint density at radius 1 is 1.41 bits per heavy atom. The van der Waals surface area contributed by atoms with Gasteiger partial charge in [-0.3, -0.25) is 9.69 Å². The van der Waals surface area contributed by atoms with E-state index in [1.165, 1.54) is 0 Å². The lowest BCUT2D eigenvalue weighted by atomic mass is 10.1. The summed E-state index contributed by atoms with van der Waals surface area (Å²) in [6, 6.07) is 7.18. The molecule has 116 valence electrons. The molecule has 2 amide bonds. The van der Waals surface area contributed by atoms with Gasteiger partial charge in [-0.2, -0.15) is 5.26 Å². The third-order valence-corrected chi connectivity index (χ3v) is 3.16. The standard InChI is InChI=1S/C16H19N3O3/c1-16(2,3)22-15(21)19-10-8-11-12(5-4-6-13(11)19)18-14(20)7-9-17/h4-6H,7-8,10H2,1-3H3,(H,18,20). The second-order valence-corrected chi connectivity index (χ2v) is 6.07. The van der Waals surface area contributed by atoms with E-state index in [4.69, 9.17) is 10.00 Å². The van der Waals surface area contributed by atoms with Gasteiger partial charge in [-0.25, -0.2) is 4.79 Å². The van der Waals surface area contributed by atoms with Gasteiger partial charge in [0.2, 0.25) is 5.91 Å². The van der Waals surface area contributed by atoms with Gasteiger partial charge < -0.3 is 10.1 Å². The number of benzene rings is 1. The predicted octanol–water partition coefficient (Wildman–Crippen LogP) is 2.84. The average molecular weight is 301 g/mol. The third-order valence-electron chi connectivity index (χ3n) is 3.16. The molecule has 1 aromatic carbocycles. The van der Waals surface area contributed by atoms with E-state index in [9.17, 15) is 9.59 Å². The summed E-state index contributed by atoms with van der Waals surface area (Å²) in [5.41, 5.74) is 1.71. The van der Waals surface area contributed by atoms with E-state index in [2.05, 4.69) is 5.32 Å². The summed E-state index contributed by atoms with van der Waals surface area (Å²) in [5.74, 6) is -0.355. The predicted molar refractivity (Wildman–Crippen MR) is 82.6 cm³/mol. The summed E-state index contributed by atoms with van der Waals surface area (Å²) in [6.45, 7) is 5.97. The molecule has 2 rings (SSSR count). The van der Waals surface area contributed by atoms with Crippen molar-refractivity contribution >= 4 is 23.4 Å². The molecule has 0 aliphatic carbocycles. The molecule has 0 spiro atoms. The van der Waals surface area contributed by atoms with Crippen LogP contribution in [0.3, 0.4) is 0 Å². The van der Waals surface area contributed by atoms with Crippen molar-refractivity contribution in [1.82, 2.24) is 0 Å². The Bertz CT molecular complexity index is 641. The van der Waals surface area contributed by atoms with Gasteiger partial charge in [0.05, 0.1) is 11.8 Å². The van der Waals surface area contributed by atoms with Crippen LogP contribution in [-0.2, 0) is 16.0 Å². The quantitative estimate of drug-likeness (QED) is 0.910. The first-order valence-corrected chi connectivity index (χ1v) is 7.11. The number of amides is 2. The molecule has 0 aromatic heterocycles. The van der Waals surface area contributed by atoms with Crippen molar-refractivity contribution in [1.29, 1.82) is 5.26 Å². The molecule has 6 nitrogen and oxygen atoms in total. The highest BCUT2D eigenvalue weighted by Gasteiger charge is 2.30. The van der Waals surface area contributed by atoms with Crippen LogP contribution in [0.5, 0.6) is 0 Å². The van der Waals surface area contributed by atoms with Gasteiger partial charge in [0.25, 0.3) is 0 Å². The fraction of sp³-hybridized carbons (Fsp3) is 0.438. The molecule has 0 bridgehead atoms. The zero-order valence-corrected chi connectivity index (χ0v) is 13.0. The number of carbonyl (C=O) groups excluding carboxylic acids is 2. The lowest BCUT2D eigenvalue weighted by Gasteiger charge is -2.24. The average Bonchev–Trinajstić information content (AvgIpc) is 2.82. The molecular formula is C16H19N3O3. The Hall–Kier alpha value is -2.55. The van der Waals surface area contributed by atoms with Gasteiger partial charge in [0, 0.05) is 17.8 Å². The number of nitrogens with zero attached hydrogens (tertiary/aromatic N) is 2. The molecule has 1 aromatic rings. The highest BCUT2D eigenvalue weighted by Crippen LogP contribution is 2.34. The zero-order valence-electron chi connectivity index (χ0n) is 13.0. The normalized spacial score (nSPS) is 13.3. The Labute approximate surface area is 129 Å². The third kappa shape index (κ3) is 3.55. The Kier molecular flexibility index (Phi) is 4.36. The molecule has 1 N–H and O–H groups in total. The first-order valence-electron chi connectivity index (χ1n) is 7.11. The van der Waals surface area contributed by atoms with Crippen LogP contribution in [0.15, 0.2) is 18.2 Å². The molecule has 0 radical (unpaired) electrons. The van der Waals surface area contributed by atoms with E-state index < -0.39 is 11.7 Å². The summed E-state index contributed by atoms with van der Waals surface area (Å²) in [6.07, 6.45) is 0.0450. The van der Waals surface area contributed by atoms with Crippen LogP contribution in [0, 0.1) is 11.3 Å². The minimum atomic E-state index is -0.557. The molecule has 0 atom stereocenters. The summed E-state index contributed by atoms with van der Waals surface area (Å²) < 4.78 is 5.39. The maximum absolute atomic E-state index is 12.2. The Balaban J connectivity index is 2.21. The number of fused-ring (bicyclic) bond motifs is 1. The number of nitrogens with one attached hydrogen (secondary N) is 1. The smallest absolute Gasteiger partial charge is 0.414 e. The number of ether oxygens (including phenoxy) is 1. The highest BCUT2D eigenvalue weighted by molar-refractivity contribution is 5.97. The Morgan fingerprint density at radius 3 is 2.77 bits per heavy atom. The largest absolute Gasteiger partial charge is 0.443 e. The fourth-order valence-electron chi connectivity index (χ4n) is 2.32. The summed E-state index contributed by atoms with van der Waals surface area (Å²) >= 11 is 0. The van der Waals surface area contributed by atoms with Gasteiger partial charge in [-0.1, -0.05) is 6.07 Å². The molecule has 1 aliphatic rings. The van der Waals surface area contributed by atoms with Crippen LogP contribution < -0.4 is 10.2 Å². The van der Waals surface area contributed by atoms with E-state index in [0.717, 1.165) is 11.3 Å². The molecule has 22 heavy (non-hydrogen) atoms. The minimum absolute atomic E-state index is 0.195. The zero-order chi connectivity index (χ0) is 16.3. The number of hydrogen-bond acceptors (Lipinski definition) is 4. The maximum Gasteiger partial charge on any atom is 0.414 e. The van der Waals surface area contributed by atoms with Crippen molar-refractivity contribution in [2.45, 2.75) is 39.2 Å². The summed E-state index contributed by atoms with van der Waals surface area (Å²) in [4.78, 5) is 25.4. The topological polar surface area (TPSA) is 82.4 Å². The van der Waals surface area contributed by atoms with Gasteiger partial charge in [-0.15, -0.1) is 0 Å². The Morgan fingerprint density at radius 2 is 2.14 bits per heavy atom. The van der Waals surface area contributed by atoms with Gasteiger partial charge in [0.1, 0.15) is 12.0 Å². The highest BCUT2D eigenvalue weighted by atomic mass is 16.6. The van der Waals surface area contributed by atoms with Gasteiger partial charge in [-0.05, 0) is 39.3 Å². The monoisotopic (exact) mass is 301 g/mol. The van der Waals surface area contributed by atoms with Crippen molar-refractivity contribution in [3.05, 3.63) is 23.8 Å². The molecule has 1 heterocycles. The van der Waals surface area contributed by atoms with E-state index in [-0.39, 0.29) is 12.3 Å². The molecule has 0 saturated carbocycles. The summed E-state index contributed by atoms with van der Waals surface area (Å²) in [7, 11) is 0. The van der Waals surface area contributed by atoms with Crippen LogP contribution in [0.2, 0.25) is 0 Å². The maximum atomic E-state index is 12.2. The second kappa shape index (κ2) is 6.06. The minimum Gasteiger partial charge on any atom is -0.443 e. The lowest BCUT2D eigenvalue weighted by Crippen LogP contribution is -2.35. The molecule has 0 unspecified atom stereocenters. The van der Waals surface area contributed by atoms with Crippen molar-refractivity contribution < 1.29 is 14.3 Å². The van der Waals surface area contributed by atoms with Crippen LogP contribution in [0.4, 0.5) is 16.2 Å². The van der Waals surface area contributed by atoms with Crippen molar-refractivity contribution in [2.75, 3.05) is 16.8 Å². The number of carbonyl (C=O) groups is 2. The van der Waals surface area contributed by atoms with E-state index >= 15 is 0 Å². The van der Waals surface area contributed by atoms with Crippen molar-refractivity contribution in [2.24, 2.45) is 0 Å². The number of nitriles is 1.